The summed E-state index contributed by atoms with van der Waals surface area (Å²) in [5, 5.41) is 3.80. The Balaban J connectivity index is 2.12. The quantitative estimate of drug-likeness (QED) is 0.850. The molecule has 0 heterocycles. The van der Waals surface area contributed by atoms with Crippen LogP contribution in [0.1, 0.15) is 31.2 Å². The molecule has 1 aromatic rings. The maximum absolute atomic E-state index is 13.8. The van der Waals surface area contributed by atoms with Crippen molar-refractivity contribution in [3.8, 4) is 0 Å². The molecule has 18 heavy (non-hydrogen) atoms. The molecule has 1 fully saturated rings. The zero-order chi connectivity index (χ0) is 13.0. The summed E-state index contributed by atoms with van der Waals surface area (Å²) in [4.78, 5) is 0. The van der Waals surface area contributed by atoms with Crippen molar-refractivity contribution in [2.75, 3.05) is 13.6 Å². The van der Waals surface area contributed by atoms with E-state index in [1.165, 1.54) is 31.7 Å². The molecule has 3 heteroatoms. The molecule has 1 N–H and O–H groups in total. The summed E-state index contributed by atoms with van der Waals surface area (Å²) in [6.07, 6.45) is 5.93. The molecule has 1 aliphatic carbocycles. The highest BCUT2D eigenvalue weighted by atomic mass is 35.5. The van der Waals surface area contributed by atoms with Crippen LogP contribution in [0.4, 0.5) is 4.39 Å². The van der Waals surface area contributed by atoms with Crippen LogP contribution in [0.25, 0.3) is 0 Å². The minimum atomic E-state index is -0.165. The van der Waals surface area contributed by atoms with Crippen LogP contribution in [0.5, 0.6) is 0 Å². The molecule has 1 unspecified atom stereocenters. The molecule has 0 amide bonds. The fraction of sp³-hybridized carbons (Fsp3) is 0.600. The van der Waals surface area contributed by atoms with Crippen molar-refractivity contribution in [2.45, 2.75) is 32.1 Å². The van der Waals surface area contributed by atoms with Crippen molar-refractivity contribution in [3.05, 3.63) is 34.6 Å². The predicted octanol–water partition coefficient (Wildman–Crippen LogP) is 4.05. The molecule has 0 bridgehead atoms. The van der Waals surface area contributed by atoms with Gasteiger partial charge in [0.1, 0.15) is 5.82 Å². The van der Waals surface area contributed by atoms with Gasteiger partial charge in [0.15, 0.2) is 0 Å². The minimum Gasteiger partial charge on any atom is -0.319 e. The Labute approximate surface area is 114 Å². The molecule has 100 valence electrons. The first-order valence-electron chi connectivity index (χ1n) is 6.80. The summed E-state index contributed by atoms with van der Waals surface area (Å²) >= 11 is 6.12. The van der Waals surface area contributed by atoms with Gasteiger partial charge in [-0.25, -0.2) is 4.39 Å². The van der Waals surface area contributed by atoms with Crippen LogP contribution in [0.2, 0.25) is 5.02 Å². The summed E-state index contributed by atoms with van der Waals surface area (Å²) in [5.41, 5.74) is 0.686. The molecule has 1 atom stereocenters. The van der Waals surface area contributed by atoms with Gasteiger partial charge in [-0.1, -0.05) is 43.4 Å². The zero-order valence-corrected chi connectivity index (χ0v) is 11.6. The minimum absolute atomic E-state index is 0.165. The number of rotatable bonds is 5. The van der Waals surface area contributed by atoms with Gasteiger partial charge in [-0.2, -0.15) is 0 Å². The first-order valence-corrected chi connectivity index (χ1v) is 7.17. The van der Waals surface area contributed by atoms with E-state index in [4.69, 9.17) is 11.6 Å². The van der Waals surface area contributed by atoms with E-state index in [2.05, 4.69) is 5.32 Å². The number of halogens is 2. The maximum Gasteiger partial charge on any atom is 0.127 e. The van der Waals surface area contributed by atoms with Crippen molar-refractivity contribution in [3.63, 3.8) is 0 Å². The van der Waals surface area contributed by atoms with E-state index in [1.54, 1.807) is 12.1 Å². The molecule has 0 spiro atoms. The van der Waals surface area contributed by atoms with Crippen LogP contribution >= 0.6 is 11.6 Å². The Kier molecular flexibility index (Phi) is 5.02. The average molecular weight is 270 g/mol. The van der Waals surface area contributed by atoms with Crippen molar-refractivity contribution < 1.29 is 4.39 Å². The molecule has 0 aliphatic heterocycles. The largest absolute Gasteiger partial charge is 0.319 e. The van der Waals surface area contributed by atoms with E-state index in [-0.39, 0.29) is 5.82 Å². The Bertz CT molecular complexity index is 368. The van der Waals surface area contributed by atoms with Crippen LogP contribution in [-0.4, -0.2) is 13.6 Å². The van der Waals surface area contributed by atoms with Crippen molar-refractivity contribution in [2.24, 2.45) is 11.8 Å². The highest BCUT2D eigenvalue weighted by Crippen LogP contribution is 2.34. The van der Waals surface area contributed by atoms with Gasteiger partial charge in [-0.15, -0.1) is 0 Å². The van der Waals surface area contributed by atoms with Gasteiger partial charge in [-0.05, 0) is 44.0 Å². The number of hydrogen-bond acceptors (Lipinski definition) is 1. The number of nitrogens with one attached hydrogen (secondary N) is 1. The molecule has 2 rings (SSSR count). The molecule has 0 radical (unpaired) electrons. The van der Waals surface area contributed by atoms with Gasteiger partial charge >= 0.3 is 0 Å². The Hall–Kier alpha value is -0.600. The second-order valence-electron chi connectivity index (χ2n) is 5.27. The van der Waals surface area contributed by atoms with E-state index >= 15 is 0 Å². The SMILES string of the molecule is CNCC(Cc1c(F)cccc1Cl)C1CCCC1. The van der Waals surface area contributed by atoms with Crippen molar-refractivity contribution >= 4 is 11.6 Å². The average Bonchev–Trinajstić information content (AvgIpc) is 2.86. The molecular formula is C15H21ClFN. The fourth-order valence-electron chi connectivity index (χ4n) is 3.09. The highest BCUT2D eigenvalue weighted by molar-refractivity contribution is 6.31. The third-order valence-corrected chi connectivity index (χ3v) is 4.41. The van der Waals surface area contributed by atoms with E-state index < -0.39 is 0 Å². The lowest BCUT2D eigenvalue weighted by Crippen LogP contribution is -2.27. The van der Waals surface area contributed by atoms with Gasteiger partial charge in [0.2, 0.25) is 0 Å². The monoisotopic (exact) mass is 269 g/mol. The zero-order valence-electron chi connectivity index (χ0n) is 10.9. The van der Waals surface area contributed by atoms with Crippen LogP contribution in [0.3, 0.4) is 0 Å². The fourth-order valence-corrected chi connectivity index (χ4v) is 3.33. The first kappa shape index (κ1) is 13.8. The van der Waals surface area contributed by atoms with Crippen LogP contribution in [0, 0.1) is 17.7 Å². The third kappa shape index (κ3) is 3.24. The summed E-state index contributed by atoms with van der Waals surface area (Å²) in [6.45, 7) is 0.940. The smallest absolute Gasteiger partial charge is 0.127 e. The van der Waals surface area contributed by atoms with Gasteiger partial charge in [0, 0.05) is 10.6 Å². The Morgan fingerprint density at radius 3 is 2.72 bits per heavy atom. The van der Waals surface area contributed by atoms with E-state index in [1.807, 2.05) is 7.05 Å². The molecular weight excluding hydrogens is 249 g/mol. The summed E-state index contributed by atoms with van der Waals surface area (Å²) in [7, 11) is 1.96. The van der Waals surface area contributed by atoms with Crippen LogP contribution in [-0.2, 0) is 6.42 Å². The molecule has 0 saturated heterocycles. The standard InChI is InChI=1S/C15H21ClFN/c1-18-10-12(11-5-2-3-6-11)9-13-14(16)7-4-8-15(13)17/h4,7-8,11-12,18H,2-3,5-6,9-10H2,1H3. The molecule has 0 aromatic heterocycles. The Morgan fingerprint density at radius 1 is 1.39 bits per heavy atom. The Morgan fingerprint density at radius 2 is 2.11 bits per heavy atom. The molecule has 1 nitrogen and oxygen atoms in total. The second kappa shape index (κ2) is 6.53. The first-order chi connectivity index (χ1) is 8.72. The highest BCUT2D eigenvalue weighted by Gasteiger charge is 2.26. The second-order valence-corrected chi connectivity index (χ2v) is 5.67. The lowest BCUT2D eigenvalue weighted by atomic mass is 9.85. The van der Waals surface area contributed by atoms with Gasteiger partial charge in [0.05, 0.1) is 0 Å². The van der Waals surface area contributed by atoms with Gasteiger partial charge in [0.25, 0.3) is 0 Å². The topological polar surface area (TPSA) is 12.0 Å². The number of hydrogen-bond donors (Lipinski definition) is 1. The maximum atomic E-state index is 13.8. The summed E-state index contributed by atoms with van der Waals surface area (Å²) in [5.74, 6) is 1.04. The lowest BCUT2D eigenvalue weighted by Gasteiger charge is -2.24. The van der Waals surface area contributed by atoms with E-state index in [0.29, 0.717) is 22.4 Å². The number of benzene rings is 1. The van der Waals surface area contributed by atoms with Crippen LogP contribution in [0.15, 0.2) is 18.2 Å². The summed E-state index contributed by atoms with van der Waals surface area (Å²) in [6, 6.07) is 4.96. The van der Waals surface area contributed by atoms with E-state index in [0.717, 1.165) is 13.0 Å². The molecule has 1 aromatic carbocycles. The summed E-state index contributed by atoms with van der Waals surface area (Å²) < 4.78 is 13.8. The molecule has 1 saturated carbocycles. The predicted molar refractivity (Wildman–Crippen MR) is 74.5 cm³/mol. The lowest BCUT2D eigenvalue weighted by molar-refractivity contribution is 0.325. The molecule has 1 aliphatic rings. The van der Waals surface area contributed by atoms with Gasteiger partial charge in [-0.3, -0.25) is 0 Å². The third-order valence-electron chi connectivity index (χ3n) is 4.06. The van der Waals surface area contributed by atoms with Crippen molar-refractivity contribution in [1.82, 2.24) is 5.32 Å². The van der Waals surface area contributed by atoms with E-state index in [9.17, 15) is 4.39 Å². The van der Waals surface area contributed by atoms with Crippen molar-refractivity contribution in [1.29, 1.82) is 0 Å². The van der Waals surface area contributed by atoms with Gasteiger partial charge < -0.3 is 5.32 Å². The van der Waals surface area contributed by atoms with Crippen LogP contribution < -0.4 is 5.32 Å². The normalized spacial score (nSPS) is 18.2.